The van der Waals surface area contributed by atoms with E-state index in [-0.39, 0.29) is 39.0 Å². The van der Waals surface area contributed by atoms with Gasteiger partial charge in [0.2, 0.25) is 0 Å². The third kappa shape index (κ3) is 13.7. The van der Waals surface area contributed by atoms with Gasteiger partial charge in [-0.15, -0.1) is 0 Å². The van der Waals surface area contributed by atoms with Gasteiger partial charge in [-0.2, -0.15) is 0 Å². The molecule has 1 aliphatic rings. The fourth-order valence-electron chi connectivity index (χ4n) is 5.73. The lowest BCUT2D eigenvalue weighted by Gasteiger charge is -2.46. The second kappa shape index (κ2) is 19.4. The molecule has 1 aliphatic heterocycles. The maximum Gasteiger partial charge on any atom is 0.192 e. The Labute approximate surface area is 334 Å². The highest BCUT2D eigenvalue weighted by Gasteiger charge is 2.48. The molecule has 0 aliphatic carbocycles. The van der Waals surface area contributed by atoms with Crippen LogP contribution in [0, 0.1) is 17.8 Å². The Hall–Kier alpha value is -1.32. The molecular weight excluding hydrogens is 727 g/mol. The van der Waals surface area contributed by atoms with Crippen molar-refractivity contribution in [1.29, 1.82) is 0 Å². The van der Waals surface area contributed by atoms with Crippen LogP contribution in [0.3, 0.4) is 0 Å². The molecule has 8 nitrogen and oxygen atoms in total. The van der Waals surface area contributed by atoms with E-state index in [9.17, 15) is 5.11 Å². The zero-order valence-corrected chi connectivity index (χ0v) is 40.9. The molecule has 0 amide bonds. The quantitative estimate of drug-likeness (QED) is 0.104. The SMILES string of the molecule is CCC1=NOC([C@@H](CO[Si](C)(C)C(C)(C)C)[C@@H](O)[C@H](CO[Si](C)(C)C(C)(C)C)[C@H](O[Si](C)(C)C(C)(C)C)/C(C)=C/[C@@H](C)COCc2ccc(OC)cc2)C1. The number of ether oxygens (including phenoxy) is 2. The minimum absolute atomic E-state index is 0.00217. The Morgan fingerprint density at radius 3 is 1.83 bits per heavy atom. The molecule has 1 heterocycles. The summed E-state index contributed by atoms with van der Waals surface area (Å²) in [7, 11) is -5.05. The van der Waals surface area contributed by atoms with Crippen molar-refractivity contribution in [1.82, 2.24) is 0 Å². The van der Waals surface area contributed by atoms with Gasteiger partial charge in [-0.3, -0.25) is 0 Å². The van der Waals surface area contributed by atoms with Crippen molar-refractivity contribution in [3.05, 3.63) is 41.5 Å². The van der Waals surface area contributed by atoms with Crippen LogP contribution in [0.5, 0.6) is 5.75 Å². The molecule has 0 saturated heterocycles. The van der Waals surface area contributed by atoms with Gasteiger partial charge in [-0.05, 0) is 96.9 Å². The normalized spacial score (nSPS) is 19.5. The Morgan fingerprint density at radius 1 is 0.852 bits per heavy atom. The van der Waals surface area contributed by atoms with Crippen LogP contribution in [0.15, 0.2) is 41.1 Å². The van der Waals surface area contributed by atoms with Crippen molar-refractivity contribution >= 4 is 30.7 Å². The zero-order chi connectivity index (χ0) is 41.5. The largest absolute Gasteiger partial charge is 0.497 e. The molecule has 1 unspecified atom stereocenters. The summed E-state index contributed by atoms with van der Waals surface area (Å²) in [6.45, 7) is 42.4. The Balaban J connectivity index is 2.63. The van der Waals surface area contributed by atoms with E-state index in [0.29, 0.717) is 32.8 Å². The number of aliphatic hydroxyl groups is 1. The number of benzene rings is 1. The Morgan fingerprint density at radius 2 is 1.37 bits per heavy atom. The lowest BCUT2D eigenvalue weighted by atomic mass is 9.81. The van der Waals surface area contributed by atoms with Crippen LogP contribution in [-0.4, -0.2) is 81.0 Å². The summed E-state index contributed by atoms with van der Waals surface area (Å²) in [6.07, 6.45) is 2.26. The number of aliphatic hydroxyl groups excluding tert-OH is 1. The Bertz CT molecular complexity index is 1360. The number of rotatable bonds is 20. The number of methoxy groups -OCH3 is 1. The summed E-state index contributed by atoms with van der Waals surface area (Å²) in [4.78, 5) is 6.16. The van der Waals surface area contributed by atoms with Gasteiger partial charge < -0.3 is 32.7 Å². The molecule has 0 spiro atoms. The number of hydrogen-bond donors (Lipinski definition) is 1. The van der Waals surface area contributed by atoms with Crippen LogP contribution in [0.1, 0.15) is 101 Å². The van der Waals surface area contributed by atoms with E-state index in [1.165, 1.54) is 0 Å². The molecule has 11 heteroatoms. The van der Waals surface area contributed by atoms with Gasteiger partial charge in [-0.25, -0.2) is 0 Å². The van der Waals surface area contributed by atoms with Gasteiger partial charge in [-0.1, -0.05) is 99.5 Å². The summed E-state index contributed by atoms with van der Waals surface area (Å²) < 4.78 is 32.9. The summed E-state index contributed by atoms with van der Waals surface area (Å²) >= 11 is 0. The number of oxime groups is 1. The summed E-state index contributed by atoms with van der Waals surface area (Å²) in [5.74, 6) is 0.242. The number of nitrogens with zero attached hydrogens (tertiary/aromatic N) is 1. The van der Waals surface area contributed by atoms with Crippen LogP contribution in [0.2, 0.25) is 54.4 Å². The minimum Gasteiger partial charge on any atom is -0.497 e. The molecule has 54 heavy (non-hydrogen) atoms. The van der Waals surface area contributed by atoms with Gasteiger partial charge in [0.1, 0.15) is 11.9 Å². The molecule has 0 aromatic heterocycles. The minimum atomic E-state index is -2.35. The van der Waals surface area contributed by atoms with E-state index in [1.54, 1.807) is 7.11 Å². The van der Waals surface area contributed by atoms with Crippen LogP contribution >= 0.6 is 0 Å². The molecule has 2 rings (SSSR count). The second-order valence-corrected chi connectivity index (χ2v) is 34.7. The lowest BCUT2D eigenvalue weighted by molar-refractivity contribution is -0.0846. The average molecular weight is 808 g/mol. The summed E-state index contributed by atoms with van der Waals surface area (Å²) in [6, 6.07) is 8.00. The van der Waals surface area contributed by atoms with Crippen LogP contribution in [0.25, 0.3) is 0 Å². The highest BCUT2D eigenvalue weighted by Crippen LogP contribution is 2.43. The number of hydrogen-bond acceptors (Lipinski definition) is 8. The summed E-state index contributed by atoms with van der Waals surface area (Å²) in [5, 5.41) is 17.4. The third-order valence-electron chi connectivity index (χ3n) is 12.8. The topological polar surface area (TPSA) is 88.0 Å². The van der Waals surface area contributed by atoms with Crippen molar-refractivity contribution in [2.45, 2.75) is 175 Å². The van der Waals surface area contributed by atoms with E-state index in [0.717, 1.165) is 29.0 Å². The first-order valence-electron chi connectivity index (χ1n) is 20.3. The van der Waals surface area contributed by atoms with Crippen molar-refractivity contribution in [3.63, 3.8) is 0 Å². The van der Waals surface area contributed by atoms with E-state index < -0.39 is 37.2 Å². The zero-order valence-electron chi connectivity index (χ0n) is 37.9. The molecule has 1 aromatic rings. The Kier molecular flexibility index (Phi) is 17.6. The molecule has 0 saturated carbocycles. The lowest BCUT2D eigenvalue weighted by Crippen LogP contribution is -2.54. The predicted molar refractivity (Wildman–Crippen MR) is 234 cm³/mol. The van der Waals surface area contributed by atoms with Crippen molar-refractivity contribution in [3.8, 4) is 5.75 Å². The van der Waals surface area contributed by atoms with Gasteiger partial charge in [0.05, 0.1) is 38.2 Å². The highest BCUT2D eigenvalue weighted by atomic mass is 28.4. The fraction of sp³-hybridized carbons (Fsp3) is 0.791. The first-order valence-corrected chi connectivity index (χ1v) is 29.0. The monoisotopic (exact) mass is 808 g/mol. The van der Waals surface area contributed by atoms with E-state index in [4.69, 9.17) is 27.6 Å². The molecule has 0 bridgehead atoms. The molecule has 0 radical (unpaired) electrons. The first kappa shape index (κ1) is 48.8. The smallest absolute Gasteiger partial charge is 0.192 e. The van der Waals surface area contributed by atoms with E-state index in [2.05, 4.69) is 134 Å². The third-order valence-corrected chi connectivity index (χ3v) is 26.3. The molecule has 6 atom stereocenters. The van der Waals surface area contributed by atoms with Crippen LogP contribution < -0.4 is 4.74 Å². The van der Waals surface area contributed by atoms with E-state index >= 15 is 0 Å². The van der Waals surface area contributed by atoms with Crippen molar-refractivity contribution in [2.75, 3.05) is 26.9 Å². The van der Waals surface area contributed by atoms with Crippen molar-refractivity contribution in [2.24, 2.45) is 22.9 Å². The van der Waals surface area contributed by atoms with Crippen LogP contribution in [-0.2, 0) is 29.5 Å². The average Bonchev–Trinajstić information content (AvgIpc) is 3.52. The molecule has 1 N–H and O–H groups in total. The predicted octanol–water partition coefficient (Wildman–Crippen LogP) is 11.4. The maximum atomic E-state index is 13.0. The molecule has 312 valence electrons. The summed E-state index contributed by atoms with van der Waals surface area (Å²) in [5.41, 5.74) is 3.21. The molecule has 1 aromatic carbocycles. The standard InChI is InChI=1S/C43H81NO7Si3/c1-20-34-26-38(50-44-34)36(29-48-52(14,15)41(4,5)6)39(45)37(30-49-53(16,17)42(7,8)9)40(51-54(18,19)43(10,11)12)32(3)25-31(2)27-47-28-33-21-23-35(46-13)24-22-33/h21-25,31,36-40,45H,20,26-30H2,1-19H3/b32-25+/t31-,36-,37+,38?,39-,40-/m1/s1. The molecule has 0 fully saturated rings. The van der Waals surface area contributed by atoms with Gasteiger partial charge in [0, 0.05) is 31.5 Å². The van der Waals surface area contributed by atoms with Gasteiger partial charge >= 0.3 is 0 Å². The maximum absolute atomic E-state index is 13.0. The van der Waals surface area contributed by atoms with Gasteiger partial charge in [0.15, 0.2) is 25.0 Å². The van der Waals surface area contributed by atoms with E-state index in [1.807, 2.05) is 24.3 Å². The highest BCUT2D eigenvalue weighted by molar-refractivity contribution is 6.75. The first-order chi connectivity index (χ1) is 24.6. The molecular formula is C43H81NO7Si3. The fourth-order valence-corrected chi connectivity index (χ4v) is 9.16. The van der Waals surface area contributed by atoms with Crippen molar-refractivity contribution < 1.29 is 32.7 Å². The van der Waals surface area contributed by atoms with Crippen LogP contribution in [0.4, 0.5) is 0 Å². The second-order valence-electron chi connectivity index (χ2n) is 20.4. The van der Waals surface area contributed by atoms with Gasteiger partial charge in [0.25, 0.3) is 0 Å².